The Morgan fingerprint density at radius 1 is 1.26 bits per heavy atom. The summed E-state index contributed by atoms with van der Waals surface area (Å²) in [6.07, 6.45) is 3.37. The Morgan fingerprint density at radius 2 is 1.96 bits per heavy atom. The fourth-order valence-electron chi connectivity index (χ4n) is 3.51. The van der Waals surface area contributed by atoms with Gasteiger partial charge in [-0.1, -0.05) is 25.5 Å². The first-order valence-electron chi connectivity index (χ1n) is 8.08. The molecule has 1 N–H and O–H groups in total. The van der Waals surface area contributed by atoms with Gasteiger partial charge in [-0.15, -0.1) is 0 Å². The standard InChI is InChI=1S/C16H22N2O4S/c1-2-12-6-9-17(10-7-12)23(21,22)18-11-8-13-4-3-5-14(15(13)18)16(19)20/h3-5,12H,2,6-11H2,1H3,(H,19,20). The molecule has 2 aliphatic heterocycles. The molecule has 0 unspecified atom stereocenters. The predicted octanol–water partition coefficient (Wildman–Crippen LogP) is 2.11. The molecule has 0 atom stereocenters. The second-order valence-electron chi connectivity index (χ2n) is 6.20. The molecule has 1 saturated heterocycles. The Hall–Kier alpha value is -1.60. The van der Waals surface area contributed by atoms with E-state index in [0.717, 1.165) is 24.8 Å². The summed E-state index contributed by atoms with van der Waals surface area (Å²) in [6, 6.07) is 4.95. The van der Waals surface area contributed by atoms with Crippen LogP contribution in [0.15, 0.2) is 18.2 Å². The molecule has 0 spiro atoms. The molecule has 126 valence electrons. The summed E-state index contributed by atoms with van der Waals surface area (Å²) in [5.41, 5.74) is 1.20. The summed E-state index contributed by atoms with van der Waals surface area (Å²) in [5.74, 6) is -0.504. The van der Waals surface area contributed by atoms with Crippen molar-refractivity contribution < 1.29 is 18.3 Å². The van der Waals surface area contributed by atoms with Crippen molar-refractivity contribution in [3.63, 3.8) is 0 Å². The van der Waals surface area contributed by atoms with Gasteiger partial charge in [0.2, 0.25) is 0 Å². The summed E-state index contributed by atoms with van der Waals surface area (Å²) in [5, 5.41) is 9.37. The van der Waals surface area contributed by atoms with Crippen LogP contribution in [0.4, 0.5) is 5.69 Å². The van der Waals surface area contributed by atoms with Crippen LogP contribution >= 0.6 is 0 Å². The molecule has 0 aromatic heterocycles. The molecular formula is C16H22N2O4S. The maximum Gasteiger partial charge on any atom is 0.337 e. The second kappa shape index (κ2) is 6.13. The fourth-order valence-corrected chi connectivity index (χ4v) is 5.23. The van der Waals surface area contributed by atoms with E-state index in [4.69, 9.17) is 0 Å². The average molecular weight is 338 g/mol. The summed E-state index contributed by atoms with van der Waals surface area (Å²) in [4.78, 5) is 11.5. The topological polar surface area (TPSA) is 77.9 Å². The number of hydrogen-bond donors (Lipinski definition) is 1. The number of nitrogens with zero attached hydrogens (tertiary/aromatic N) is 2. The number of benzene rings is 1. The van der Waals surface area contributed by atoms with E-state index >= 15 is 0 Å². The van der Waals surface area contributed by atoms with Gasteiger partial charge in [0.1, 0.15) is 0 Å². The zero-order valence-corrected chi connectivity index (χ0v) is 14.1. The van der Waals surface area contributed by atoms with Gasteiger partial charge in [0.05, 0.1) is 11.3 Å². The van der Waals surface area contributed by atoms with Gasteiger partial charge in [0.15, 0.2) is 0 Å². The number of rotatable bonds is 4. The van der Waals surface area contributed by atoms with Gasteiger partial charge in [-0.05, 0) is 36.8 Å². The van der Waals surface area contributed by atoms with Crippen LogP contribution in [-0.4, -0.2) is 43.4 Å². The summed E-state index contributed by atoms with van der Waals surface area (Å²) in [7, 11) is -3.66. The Balaban J connectivity index is 1.91. The smallest absolute Gasteiger partial charge is 0.337 e. The normalized spacial score (nSPS) is 19.8. The third kappa shape index (κ3) is 2.83. The van der Waals surface area contributed by atoms with Gasteiger partial charge in [-0.3, -0.25) is 4.31 Å². The molecule has 1 aromatic carbocycles. The number of piperidine rings is 1. The number of fused-ring (bicyclic) bond motifs is 1. The molecule has 0 bridgehead atoms. The number of hydrogen-bond acceptors (Lipinski definition) is 3. The molecule has 1 fully saturated rings. The number of para-hydroxylation sites is 1. The summed E-state index contributed by atoms with van der Waals surface area (Å²) >= 11 is 0. The zero-order chi connectivity index (χ0) is 16.6. The van der Waals surface area contributed by atoms with Gasteiger partial charge in [-0.2, -0.15) is 12.7 Å². The van der Waals surface area contributed by atoms with Crippen LogP contribution in [0, 0.1) is 5.92 Å². The molecular weight excluding hydrogens is 316 g/mol. The molecule has 0 aliphatic carbocycles. The van der Waals surface area contributed by atoms with Crippen LogP contribution in [0.25, 0.3) is 0 Å². The first-order chi connectivity index (χ1) is 10.9. The lowest BCUT2D eigenvalue weighted by Gasteiger charge is -2.34. The van der Waals surface area contributed by atoms with E-state index in [9.17, 15) is 18.3 Å². The quantitative estimate of drug-likeness (QED) is 0.912. The molecule has 2 heterocycles. The van der Waals surface area contributed by atoms with Gasteiger partial charge >= 0.3 is 16.2 Å². The van der Waals surface area contributed by atoms with E-state index < -0.39 is 16.2 Å². The molecule has 3 rings (SSSR count). The van der Waals surface area contributed by atoms with Crippen LogP contribution in [0.5, 0.6) is 0 Å². The molecule has 6 nitrogen and oxygen atoms in total. The monoisotopic (exact) mass is 338 g/mol. The highest BCUT2D eigenvalue weighted by Gasteiger charge is 2.38. The third-order valence-corrected chi connectivity index (χ3v) is 6.88. The maximum atomic E-state index is 13.0. The van der Waals surface area contributed by atoms with Crippen molar-refractivity contribution in [3.05, 3.63) is 29.3 Å². The molecule has 7 heteroatoms. The highest BCUT2D eigenvalue weighted by atomic mass is 32.2. The van der Waals surface area contributed by atoms with Crippen LogP contribution in [0.2, 0.25) is 0 Å². The van der Waals surface area contributed by atoms with E-state index in [0.29, 0.717) is 37.7 Å². The lowest BCUT2D eigenvalue weighted by molar-refractivity contribution is 0.0698. The fraction of sp³-hybridized carbons (Fsp3) is 0.562. The minimum Gasteiger partial charge on any atom is -0.478 e. The van der Waals surface area contributed by atoms with E-state index in [-0.39, 0.29) is 5.56 Å². The van der Waals surface area contributed by atoms with Gasteiger partial charge in [0, 0.05) is 19.6 Å². The molecule has 2 aliphatic rings. The van der Waals surface area contributed by atoms with Crippen LogP contribution < -0.4 is 4.31 Å². The van der Waals surface area contributed by atoms with Gasteiger partial charge < -0.3 is 5.11 Å². The third-order valence-electron chi connectivity index (χ3n) is 4.94. The number of carboxylic acid groups (broad SMARTS) is 1. The minimum absolute atomic E-state index is 0.0621. The van der Waals surface area contributed by atoms with E-state index in [1.54, 1.807) is 12.1 Å². The highest BCUT2D eigenvalue weighted by Crippen LogP contribution is 2.36. The van der Waals surface area contributed by atoms with Crippen LogP contribution in [0.3, 0.4) is 0 Å². The zero-order valence-electron chi connectivity index (χ0n) is 13.2. The van der Waals surface area contributed by atoms with Gasteiger partial charge in [0.25, 0.3) is 0 Å². The lowest BCUT2D eigenvalue weighted by Crippen LogP contribution is -2.47. The summed E-state index contributed by atoms with van der Waals surface area (Å²) in [6.45, 7) is 3.48. The molecule has 23 heavy (non-hydrogen) atoms. The lowest BCUT2D eigenvalue weighted by atomic mass is 9.96. The number of carboxylic acids is 1. The number of aromatic carboxylic acids is 1. The maximum absolute atomic E-state index is 13.0. The minimum atomic E-state index is -3.66. The number of carbonyl (C=O) groups is 1. The van der Waals surface area contributed by atoms with Crippen molar-refractivity contribution in [1.29, 1.82) is 0 Å². The Bertz CT molecular complexity index is 709. The first-order valence-corrected chi connectivity index (χ1v) is 9.47. The van der Waals surface area contributed by atoms with Crippen LogP contribution in [-0.2, 0) is 16.6 Å². The van der Waals surface area contributed by atoms with Gasteiger partial charge in [-0.25, -0.2) is 4.79 Å². The summed E-state index contributed by atoms with van der Waals surface area (Å²) < 4.78 is 28.8. The predicted molar refractivity (Wildman–Crippen MR) is 88.0 cm³/mol. The van der Waals surface area contributed by atoms with Crippen molar-refractivity contribution in [2.24, 2.45) is 5.92 Å². The molecule has 0 amide bonds. The largest absolute Gasteiger partial charge is 0.478 e. The van der Waals surface area contributed by atoms with Crippen molar-refractivity contribution in [2.45, 2.75) is 32.6 Å². The average Bonchev–Trinajstić information content (AvgIpc) is 2.99. The van der Waals surface area contributed by atoms with E-state index in [2.05, 4.69) is 6.92 Å². The van der Waals surface area contributed by atoms with E-state index in [1.807, 2.05) is 0 Å². The van der Waals surface area contributed by atoms with Crippen molar-refractivity contribution in [3.8, 4) is 0 Å². The molecule has 0 radical (unpaired) electrons. The van der Waals surface area contributed by atoms with Crippen LogP contribution in [0.1, 0.15) is 42.1 Å². The SMILES string of the molecule is CCC1CCN(S(=O)(=O)N2CCc3cccc(C(=O)O)c32)CC1. The highest BCUT2D eigenvalue weighted by molar-refractivity contribution is 7.90. The Morgan fingerprint density at radius 3 is 2.57 bits per heavy atom. The van der Waals surface area contributed by atoms with Crippen molar-refractivity contribution >= 4 is 21.9 Å². The van der Waals surface area contributed by atoms with Crippen molar-refractivity contribution in [1.82, 2.24) is 4.31 Å². The van der Waals surface area contributed by atoms with Crippen molar-refractivity contribution in [2.75, 3.05) is 23.9 Å². The Kier molecular flexibility index (Phi) is 4.33. The number of anilines is 1. The molecule has 1 aromatic rings. The second-order valence-corrected chi connectivity index (χ2v) is 8.05. The van der Waals surface area contributed by atoms with E-state index in [1.165, 1.54) is 14.7 Å². The Labute approximate surface area is 136 Å². The first kappa shape index (κ1) is 16.3. The molecule has 0 saturated carbocycles.